The number of benzene rings is 2. The van der Waals surface area contributed by atoms with Gasteiger partial charge in [0.2, 0.25) is 0 Å². The second-order valence-corrected chi connectivity index (χ2v) is 4.65. The van der Waals surface area contributed by atoms with Crippen molar-refractivity contribution >= 4 is 44.9 Å². The topological polar surface area (TPSA) is 62.5 Å². The largest absolute Gasteiger partial charge is 0.740 e. The predicted octanol–water partition coefficient (Wildman–Crippen LogP) is 3.41. The molecule has 0 N–H and O–H groups in total. The monoisotopic (exact) mass is 281 g/mol. The van der Waals surface area contributed by atoms with Gasteiger partial charge in [0.15, 0.2) is 5.58 Å². The molecule has 1 heterocycles. The summed E-state index contributed by atoms with van der Waals surface area (Å²) in [4.78, 5) is 0. The molecular formula is C12H6ClO4S-. The van der Waals surface area contributed by atoms with Gasteiger partial charge >= 0.3 is 0 Å². The van der Waals surface area contributed by atoms with Crippen molar-refractivity contribution in [1.82, 2.24) is 0 Å². The summed E-state index contributed by atoms with van der Waals surface area (Å²) >= 11 is 3.43. The zero-order chi connectivity index (χ0) is 12.7. The molecule has 0 saturated carbocycles. The molecule has 0 aliphatic rings. The van der Waals surface area contributed by atoms with E-state index in [1.54, 1.807) is 18.2 Å². The van der Waals surface area contributed by atoms with Crippen LogP contribution in [0.1, 0.15) is 0 Å². The predicted molar refractivity (Wildman–Crippen MR) is 68.3 cm³/mol. The summed E-state index contributed by atoms with van der Waals surface area (Å²) < 4.78 is 31.1. The van der Waals surface area contributed by atoms with Gasteiger partial charge in [-0.3, -0.25) is 0 Å². The molecule has 0 bridgehead atoms. The summed E-state index contributed by atoms with van der Waals surface area (Å²) in [5, 5.41) is 2.25. The first kappa shape index (κ1) is 11.5. The van der Waals surface area contributed by atoms with E-state index in [1.165, 1.54) is 6.07 Å². The molecule has 4 nitrogen and oxygen atoms in total. The molecule has 0 saturated heterocycles. The van der Waals surface area contributed by atoms with Crippen LogP contribution in [-0.2, 0) is 11.4 Å². The fourth-order valence-corrected chi connectivity index (χ4v) is 2.35. The van der Waals surface area contributed by atoms with Crippen molar-refractivity contribution in [3.8, 4) is 5.75 Å². The van der Waals surface area contributed by atoms with Crippen LogP contribution < -0.4 is 4.18 Å². The highest BCUT2D eigenvalue weighted by atomic mass is 35.5. The van der Waals surface area contributed by atoms with Crippen LogP contribution in [0.5, 0.6) is 5.75 Å². The minimum atomic E-state index is -2.60. The maximum atomic E-state index is 10.5. The van der Waals surface area contributed by atoms with Crippen LogP contribution in [0.4, 0.5) is 0 Å². The van der Waals surface area contributed by atoms with Gasteiger partial charge in [0, 0.05) is 16.8 Å². The molecular weight excluding hydrogens is 276 g/mol. The Morgan fingerprint density at radius 1 is 1.22 bits per heavy atom. The van der Waals surface area contributed by atoms with Crippen molar-refractivity contribution in [3.05, 3.63) is 41.4 Å². The lowest BCUT2D eigenvalue weighted by atomic mass is 10.1. The number of furan rings is 1. The van der Waals surface area contributed by atoms with Gasteiger partial charge in [0.1, 0.15) is 22.7 Å². The Hall–Kier alpha value is -1.56. The van der Waals surface area contributed by atoms with Crippen molar-refractivity contribution in [2.75, 3.05) is 0 Å². The molecule has 6 heteroatoms. The summed E-state index contributed by atoms with van der Waals surface area (Å²) in [6, 6.07) is 10.3. The van der Waals surface area contributed by atoms with Gasteiger partial charge in [-0.25, -0.2) is 4.21 Å². The first-order valence-electron chi connectivity index (χ1n) is 5.03. The first-order valence-corrected chi connectivity index (χ1v) is 6.41. The first-order chi connectivity index (χ1) is 8.65. The zero-order valence-electron chi connectivity index (χ0n) is 8.88. The van der Waals surface area contributed by atoms with E-state index in [-0.39, 0.29) is 5.75 Å². The molecule has 0 aliphatic heterocycles. The zero-order valence-corrected chi connectivity index (χ0v) is 10.5. The van der Waals surface area contributed by atoms with Crippen molar-refractivity contribution in [3.63, 3.8) is 0 Å². The van der Waals surface area contributed by atoms with Gasteiger partial charge in [-0.05, 0) is 18.2 Å². The fraction of sp³-hybridized carbons (Fsp3) is 0. The van der Waals surface area contributed by atoms with Gasteiger partial charge < -0.3 is 13.2 Å². The van der Waals surface area contributed by atoms with Crippen LogP contribution >= 0.6 is 11.6 Å². The van der Waals surface area contributed by atoms with Crippen molar-refractivity contribution < 1.29 is 17.4 Å². The molecule has 1 aromatic heterocycles. The van der Waals surface area contributed by atoms with E-state index in [1.807, 2.05) is 12.1 Å². The van der Waals surface area contributed by atoms with Gasteiger partial charge in [-0.2, -0.15) is 0 Å². The van der Waals surface area contributed by atoms with Crippen molar-refractivity contribution in [2.45, 2.75) is 0 Å². The lowest BCUT2D eigenvalue weighted by molar-refractivity contribution is 0.440. The quantitative estimate of drug-likeness (QED) is 0.675. The Kier molecular flexibility index (Phi) is 2.74. The van der Waals surface area contributed by atoms with E-state index >= 15 is 0 Å². The molecule has 2 aromatic carbocycles. The highest BCUT2D eigenvalue weighted by Crippen LogP contribution is 2.34. The molecule has 0 radical (unpaired) electrons. The van der Waals surface area contributed by atoms with Crippen LogP contribution in [0, 0.1) is 0 Å². The Morgan fingerprint density at radius 2 is 2.06 bits per heavy atom. The van der Waals surface area contributed by atoms with Crippen LogP contribution in [0.3, 0.4) is 0 Å². The minimum absolute atomic E-state index is 0.200. The summed E-state index contributed by atoms with van der Waals surface area (Å²) in [6.07, 6.45) is 0. The standard InChI is InChI=1S/C12H7ClO4S/c13-10-3-1-2-9-8-5-4-7(17-18(14)15)6-11(8)16-12(9)10/h1-6H,(H,14,15)/p-1. The van der Waals surface area contributed by atoms with Crippen LogP contribution in [0.2, 0.25) is 5.02 Å². The number of hydrogen-bond donors (Lipinski definition) is 0. The summed E-state index contributed by atoms with van der Waals surface area (Å²) in [7, 11) is 0. The van der Waals surface area contributed by atoms with E-state index in [4.69, 9.17) is 16.0 Å². The molecule has 18 heavy (non-hydrogen) atoms. The van der Waals surface area contributed by atoms with E-state index in [2.05, 4.69) is 4.18 Å². The maximum absolute atomic E-state index is 10.5. The molecule has 0 spiro atoms. The molecule has 0 fully saturated rings. The maximum Gasteiger partial charge on any atom is 0.153 e. The minimum Gasteiger partial charge on any atom is -0.740 e. The van der Waals surface area contributed by atoms with Gasteiger partial charge in [0.25, 0.3) is 0 Å². The molecule has 3 aromatic rings. The van der Waals surface area contributed by atoms with Crippen LogP contribution in [0.25, 0.3) is 21.9 Å². The fourth-order valence-electron chi connectivity index (χ4n) is 1.87. The van der Waals surface area contributed by atoms with Crippen molar-refractivity contribution in [2.24, 2.45) is 0 Å². The Labute approximate surface area is 110 Å². The third-order valence-electron chi connectivity index (χ3n) is 2.59. The third kappa shape index (κ3) is 1.86. The second kappa shape index (κ2) is 4.28. The summed E-state index contributed by atoms with van der Waals surface area (Å²) in [5.41, 5.74) is 1.11. The van der Waals surface area contributed by atoms with Crippen molar-refractivity contribution in [1.29, 1.82) is 0 Å². The van der Waals surface area contributed by atoms with E-state index in [0.29, 0.717) is 16.2 Å². The number of hydrogen-bond acceptors (Lipinski definition) is 4. The average Bonchev–Trinajstić information content (AvgIpc) is 2.67. The smallest absolute Gasteiger partial charge is 0.153 e. The highest BCUT2D eigenvalue weighted by molar-refractivity contribution is 7.74. The third-order valence-corrected chi connectivity index (χ3v) is 3.21. The van der Waals surface area contributed by atoms with Gasteiger partial charge in [-0.1, -0.05) is 23.7 Å². The average molecular weight is 282 g/mol. The van der Waals surface area contributed by atoms with Gasteiger partial charge in [-0.15, -0.1) is 0 Å². The number of halogens is 1. The summed E-state index contributed by atoms with van der Waals surface area (Å²) in [5.74, 6) is 0.200. The number of rotatable bonds is 2. The van der Waals surface area contributed by atoms with E-state index < -0.39 is 11.4 Å². The lowest BCUT2D eigenvalue weighted by Crippen LogP contribution is -1.97. The van der Waals surface area contributed by atoms with E-state index in [9.17, 15) is 8.76 Å². The Morgan fingerprint density at radius 3 is 2.83 bits per heavy atom. The SMILES string of the molecule is O=S([O-])Oc1ccc2c(c1)oc1c(Cl)cccc12. The molecule has 0 amide bonds. The Balaban J connectivity index is 2.26. The number of para-hydroxylation sites is 1. The van der Waals surface area contributed by atoms with E-state index in [0.717, 1.165) is 10.8 Å². The molecule has 92 valence electrons. The summed E-state index contributed by atoms with van der Waals surface area (Å²) in [6.45, 7) is 0. The van der Waals surface area contributed by atoms with Gasteiger partial charge in [0.05, 0.1) is 5.02 Å². The molecule has 3 rings (SSSR count). The van der Waals surface area contributed by atoms with Crippen LogP contribution in [-0.4, -0.2) is 8.76 Å². The Bertz CT molecular complexity index is 765. The highest BCUT2D eigenvalue weighted by Gasteiger charge is 2.10. The normalized spacial score (nSPS) is 13.0. The lowest BCUT2D eigenvalue weighted by Gasteiger charge is -2.05. The molecule has 1 atom stereocenters. The molecule has 1 unspecified atom stereocenters. The number of fused-ring (bicyclic) bond motifs is 3. The molecule has 0 aliphatic carbocycles. The van der Waals surface area contributed by atoms with Crippen LogP contribution in [0.15, 0.2) is 40.8 Å². The second-order valence-electron chi connectivity index (χ2n) is 3.66.